The molecule has 2 aliphatic rings. The van der Waals surface area contributed by atoms with Crippen LogP contribution in [0.4, 0.5) is 0 Å². The van der Waals surface area contributed by atoms with E-state index in [-0.39, 0.29) is 0 Å². The van der Waals surface area contributed by atoms with E-state index in [9.17, 15) is 0 Å². The van der Waals surface area contributed by atoms with Crippen LogP contribution in [-0.4, -0.2) is 37.9 Å². The van der Waals surface area contributed by atoms with Crippen LogP contribution in [0.25, 0.3) is 10.8 Å². The molecule has 20 heavy (non-hydrogen) atoms. The molecule has 4 nitrogen and oxygen atoms in total. The molecule has 4 heteroatoms. The van der Waals surface area contributed by atoms with Crippen molar-refractivity contribution in [2.45, 2.75) is 0 Å². The molecule has 0 saturated heterocycles. The zero-order valence-electron chi connectivity index (χ0n) is 11.2. The molecule has 0 radical (unpaired) electrons. The summed E-state index contributed by atoms with van der Waals surface area (Å²) >= 11 is 0. The molecule has 2 heterocycles. The first-order valence-electron chi connectivity index (χ1n) is 7.02. The number of amidine groups is 2. The predicted octanol–water partition coefficient (Wildman–Crippen LogP) is 1.54. The normalized spacial score (nSPS) is 17.6. The average molecular weight is 264 g/mol. The summed E-state index contributed by atoms with van der Waals surface area (Å²) in [5.74, 6) is 2.02. The monoisotopic (exact) mass is 264 g/mol. The zero-order chi connectivity index (χ0) is 13.4. The van der Waals surface area contributed by atoms with E-state index in [1.807, 2.05) is 0 Å². The quantitative estimate of drug-likeness (QED) is 0.864. The van der Waals surface area contributed by atoms with Gasteiger partial charge in [0.2, 0.25) is 0 Å². The van der Waals surface area contributed by atoms with Gasteiger partial charge in [-0.25, -0.2) is 0 Å². The molecular weight excluding hydrogens is 248 g/mol. The van der Waals surface area contributed by atoms with Crippen molar-refractivity contribution < 1.29 is 0 Å². The van der Waals surface area contributed by atoms with Gasteiger partial charge in [-0.05, 0) is 22.9 Å². The molecule has 0 atom stereocenters. The van der Waals surface area contributed by atoms with Gasteiger partial charge in [-0.2, -0.15) is 0 Å². The molecular formula is C16H16N4. The molecule has 2 aromatic carbocycles. The van der Waals surface area contributed by atoms with Crippen molar-refractivity contribution in [3.63, 3.8) is 0 Å². The molecule has 2 N–H and O–H groups in total. The first kappa shape index (κ1) is 11.5. The molecule has 100 valence electrons. The van der Waals surface area contributed by atoms with Crippen molar-refractivity contribution in [1.82, 2.24) is 10.6 Å². The molecule has 2 aromatic rings. The van der Waals surface area contributed by atoms with Gasteiger partial charge >= 0.3 is 0 Å². The lowest BCUT2D eigenvalue weighted by Gasteiger charge is -2.12. The molecule has 0 aromatic heterocycles. The number of hydrogen-bond acceptors (Lipinski definition) is 4. The van der Waals surface area contributed by atoms with Crippen LogP contribution in [-0.2, 0) is 0 Å². The molecule has 2 aliphatic heterocycles. The number of nitrogens with zero attached hydrogens (tertiary/aromatic N) is 2. The van der Waals surface area contributed by atoms with E-state index in [0.717, 1.165) is 37.9 Å². The summed E-state index contributed by atoms with van der Waals surface area (Å²) in [6.45, 7) is 3.58. The van der Waals surface area contributed by atoms with Gasteiger partial charge in [0.1, 0.15) is 11.7 Å². The topological polar surface area (TPSA) is 48.8 Å². The van der Waals surface area contributed by atoms with Crippen LogP contribution < -0.4 is 10.6 Å². The number of benzene rings is 2. The van der Waals surface area contributed by atoms with E-state index in [4.69, 9.17) is 0 Å². The maximum atomic E-state index is 4.54. The molecule has 0 spiro atoms. The highest BCUT2D eigenvalue weighted by atomic mass is 15.1. The molecule has 0 saturated carbocycles. The van der Waals surface area contributed by atoms with Gasteiger partial charge in [0.25, 0.3) is 0 Å². The smallest absolute Gasteiger partial charge is 0.129 e. The Morgan fingerprint density at radius 2 is 1.20 bits per heavy atom. The second-order valence-electron chi connectivity index (χ2n) is 5.02. The van der Waals surface area contributed by atoms with Crippen LogP contribution in [0.15, 0.2) is 46.4 Å². The maximum absolute atomic E-state index is 4.54. The van der Waals surface area contributed by atoms with E-state index in [0.29, 0.717) is 0 Å². The Labute approximate surface area is 117 Å². The molecule has 0 bridgehead atoms. The van der Waals surface area contributed by atoms with E-state index in [1.54, 1.807) is 0 Å². The fraction of sp³-hybridized carbons (Fsp3) is 0.250. The highest BCUT2D eigenvalue weighted by Crippen LogP contribution is 2.24. The average Bonchev–Trinajstić information content (AvgIpc) is 3.19. The van der Waals surface area contributed by atoms with E-state index < -0.39 is 0 Å². The number of hydrogen-bond donors (Lipinski definition) is 2. The van der Waals surface area contributed by atoms with Crippen LogP contribution in [0.1, 0.15) is 11.1 Å². The summed E-state index contributed by atoms with van der Waals surface area (Å²) in [5, 5.41) is 9.18. The SMILES string of the molecule is c1ccc2c(C3=NCCN3)ccc(C3=NCCN3)c2c1. The molecule has 0 fully saturated rings. The van der Waals surface area contributed by atoms with Crippen LogP contribution in [0, 0.1) is 0 Å². The van der Waals surface area contributed by atoms with Crippen molar-refractivity contribution >= 4 is 22.4 Å². The Morgan fingerprint density at radius 1 is 0.700 bits per heavy atom. The summed E-state index contributed by atoms with van der Waals surface area (Å²) in [6.07, 6.45) is 0. The van der Waals surface area contributed by atoms with Crippen LogP contribution >= 0.6 is 0 Å². The Bertz CT molecular complexity index is 668. The van der Waals surface area contributed by atoms with Gasteiger partial charge in [0, 0.05) is 24.2 Å². The minimum Gasteiger partial charge on any atom is -0.368 e. The number of aliphatic imine (C=N–C) groups is 2. The van der Waals surface area contributed by atoms with Crippen molar-refractivity contribution in [2.75, 3.05) is 26.2 Å². The Balaban J connectivity index is 1.94. The largest absolute Gasteiger partial charge is 0.368 e. The third-order valence-electron chi connectivity index (χ3n) is 3.78. The standard InChI is InChI=1S/C16H16N4/c1-2-4-12-11(3-1)13(15-17-7-8-18-15)5-6-14(12)16-19-9-10-20-16/h1-6H,7-10H2,(H,17,18)(H,19,20). The minimum absolute atomic E-state index is 0.861. The van der Waals surface area contributed by atoms with Gasteiger partial charge in [-0.1, -0.05) is 24.3 Å². The highest BCUT2D eigenvalue weighted by molar-refractivity contribution is 6.17. The lowest BCUT2D eigenvalue weighted by atomic mass is 9.98. The number of rotatable bonds is 2. The van der Waals surface area contributed by atoms with Crippen LogP contribution in [0.2, 0.25) is 0 Å². The summed E-state index contributed by atoms with van der Waals surface area (Å²) < 4.78 is 0. The second kappa shape index (κ2) is 4.63. The first-order chi connectivity index (χ1) is 9.93. The van der Waals surface area contributed by atoms with Crippen molar-refractivity contribution in [1.29, 1.82) is 0 Å². The van der Waals surface area contributed by atoms with Crippen molar-refractivity contribution in [2.24, 2.45) is 9.98 Å². The van der Waals surface area contributed by atoms with E-state index in [2.05, 4.69) is 57.0 Å². The molecule has 0 aliphatic carbocycles. The Hall–Kier alpha value is -2.36. The van der Waals surface area contributed by atoms with Gasteiger partial charge in [0.05, 0.1) is 13.1 Å². The Kier molecular flexibility index (Phi) is 2.66. The molecule has 4 rings (SSSR count). The van der Waals surface area contributed by atoms with Crippen molar-refractivity contribution in [3.05, 3.63) is 47.5 Å². The zero-order valence-corrected chi connectivity index (χ0v) is 11.2. The third-order valence-corrected chi connectivity index (χ3v) is 3.78. The highest BCUT2D eigenvalue weighted by Gasteiger charge is 2.16. The van der Waals surface area contributed by atoms with Gasteiger partial charge in [0.15, 0.2) is 0 Å². The number of fused-ring (bicyclic) bond motifs is 1. The van der Waals surface area contributed by atoms with Gasteiger partial charge < -0.3 is 10.6 Å². The minimum atomic E-state index is 0.861. The van der Waals surface area contributed by atoms with E-state index >= 15 is 0 Å². The molecule has 0 unspecified atom stereocenters. The van der Waals surface area contributed by atoms with Gasteiger partial charge in [-0.15, -0.1) is 0 Å². The fourth-order valence-corrected chi connectivity index (χ4v) is 2.87. The second-order valence-corrected chi connectivity index (χ2v) is 5.02. The summed E-state index contributed by atoms with van der Waals surface area (Å²) in [4.78, 5) is 9.09. The maximum Gasteiger partial charge on any atom is 0.129 e. The Morgan fingerprint density at radius 3 is 1.60 bits per heavy atom. The van der Waals surface area contributed by atoms with Crippen LogP contribution in [0.3, 0.4) is 0 Å². The number of nitrogens with one attached hydrogen (secondary N) is 2. The summed E-state index contributed by atoms with van der Waals surface area (Å²) in [7, 11) is 0. The predicted molar refractivity (Wildman–Crippen MR) is 82.8 cm³/mol. The summed E-state index contributed by atoms with van der Waals surface area (Å²) in [5.41, 5.74) is 2.36. The fourth-order valence-electron chi connectivity index (χ4n) is 2.87. The summed E-state index contributed by atoms with van der Waals surface area (Å²) in [6, 6.07) is 12.8. The third kappa shape index (κ3) is 1.76. The van der Waals surface area contributed by atoms with Gasteiger partial charge in [-0.3, -0.25) is 9.98 Å². The lowest BCUT2D eigenvalue weighted by Crippen LogP contribution is -2.22. The van der Waals surface area contributed by atoms with Crippen molar-refractivity contribution in [3.8, 4) is 0 Å². The lowest BCUT2D eigenvalue weighted by molar-refractivity contribution is 0.960. The van der Waals surface area contributed by atoms with E-state index in [1.165, 1.54) is 21.9 Å². The molecule has 0 amide bonds. The van der Waals surface area contributed by atoms with Crippen LogP contribution in [0.5, 0.6) is 0 Å². The first-order valence-corrected chi connectivity index (χ1v) is 7.02.